The van der Waals surface area contributed by atoms with Crippen LogP contribution in [0.4, 0.5) is 5.69 Å². The summed E-state index contributed by atoms with van der Waals surface area (Å²) in [7, 11) is -3.72. The standard InChI is InChI=1S/C25H27NO6S/c1-17-14-18(2)25(19(3)15-17)33(29,30)26-21-8-10-22(11-9-21)31-12-13-32-23-7-5-4-6-20(23)16-24(27)28/h4-11,14-15,26H,12-13,16H2,1-3H3,(H,27,28). The van der Waals surface area contributed by atoms with Crippen molar-refractivity contribution in [3.8, 4) is 11.5 Å². The number of aliphatic carboxylic acids is 1. The number of rotatable bonds is 10. The van der Waals surface area contributed by atoms with Crippen LogP contribution >= 0.6 is 0 Å². The molecule has 0 fully saturated rings. The first-order chi connectivity index (χ1) is 15.7. The number of nitrogens with one attached hydrogen (secondary N) is 1. The number of benzene rings is 3. The van der Waals surface area contributed by atoms with E-state index in [9.17, 15) is 13.2 Å². The van der Waals surface area contributed by atoms with Crippen molar-refractivity contribution < 1.29 is 27.8 Å². The van der Waals surface area contributed by atoms with Gasteiger partial charge in [0, 0.05) is 11.3 Å². The number of carboxylic acid groups (broad SMARTS) is 1. The van der Waals surface area contributed by atoms with Crippen LogP contribution in [-0.2, 0) is 21.2 Å². The smallest absolute Gasteiger partial charge is 0.307 e. The van der Waals surface area contributed by atoms with Crippen LogP contribution in [0.15, 0.2) is 65.6 Å². The fourth-order valence-corrected chi connectivity index (χ4v) is 5.19. The van der Waals surface area contributed by atoms with E-state index in [0.717, 1.165) is 5.56 Å². The lowest BCUT2D eigenvalue weighted by molar-refractivity contribution is -0.136. The van der Waals surface area contributed by atoms with Crippen molar-refractivity contribution in [3.05, 3.63) is 82.9 Å². The Hall–Kier alpha value is -3.52. The number of hydrogen-bond acceptors (Lipinski definition) is 5. The second kappa shape index (κ2) is 10.4. The predicted molar refractivity (Wildman–Crippen MR) is 127 cm³/mol. The summed E-state index contributed by atoms with van der Waals surface area (Å²) in [6.07, 6.45) is -0.115. The summed E-state index contributed by atoms with van der Waals surface area (Å²) < 4.78 is 39.7. The molecule has 0 atom stereocenters. The number of anilines is 1. The van der Waals surface area contributed by atoms with Crippen LogP contribution in [0.3, 0.4) is 0 Å². The van der Waals surface area contributed by atoms with Crippen LogP contribution < -0.4 is 14.2 Å². The van der Waals surface area contributed by atoms with E-state index in [4.69, 9.17) is 14.6 Å². The molecule has 0 bridgehead atoms. The number of para-hydroxylation sites is 1. The van der Waals surface area contributed by atoms with Crippen molar-refractivity contribution >= 4 is 21.7 Å². The molecule has 0 amide bonds. The highest BCUT2D eigenvalue weighted by molar-refractivity contribution is 7.92. The zero-order chi connectivity index (χ0) is 24.0. The molecule has 33 heavy (non-hydrogen) atoms. The van der Waals surface area contributed by atoms with E-state index in [1.165, 1.54) is 0 Å². The lowest BCUT2D eigenvalue weighted by Gasteiger charge is -2.14. The minimum atomic E-state index is -3.72. The Morgan fingerprint density at radius 3 is 2.15 bits per heavy atom. The second-order valence-electron chi connectivity index (χ2n) is 7.73. The van der Waals surface area contributed by atoms with Gasteiger partial charge >= 0.3 is 5.97 Å². The normalized spacial score (nSPS) is 11.1. The van der Waals surface area contributed by atoms with Crippen LogP contribution in [0.25, 0.3) is 0 Å². The van der Waals surface area contributed by atoms with E-state index in [1.54, 1.807) is 62.4 Å². The Kier molecular flexibility index (Phi) is 7.60. The van der Waals surface area contributed by atoms with E-state index in [1.807, 2.05) is 19.1 Å². The van der Waals surface area contributed by atoms with Crippen LogP contribution in [0.5, 0.6) is 11.5 Å². The van der Waals surface area contributed by atoms with E-state index in [2.05, 4.69) is 4.72 Å². The number of aryl methyl sites for hydroxylation is 3. The highest BCUT2D eigenvalue weighted by Crippen LogP contribution is 2.25. The van der Waals surface area contributed by atoms with E-state index >= 15 is 0 Å². The van der Waals surface area contributed by atoms with Crippen molar-refractivity contribution in [2.75, 3.05) is 17.9 Å². The van der Waals surface area contributed by atoms with Crippen molar-refractivity contribution in [1.29, 1.82) is 0 Å². The van der Waals surface area contributed by atoms with Gasteiger partial charge in [-0.05, 0) is 62.2 Å². The summed E-state index contributed by atoms with van der Waals surface area (Å²) in [6.45, 7) is 5.98. The third-order valence-corrected chi connectivity index (χ3v) is 6.59. The Morgan fingerprint density at radius 2 is 1.52 bits per heavy atom. The molecule has 7 nitrogen and oxygen atoms in total. The lowest BCUT2D eigenvalue weighted by Crippen LogP contribution is -2.16. The molecule has 0 radical (unpaired) electrons. The minimum absolute atomic E-state index is 0.115. The van der Waals surface area contributed by atoms with Crippen molar-refractivity contribution in [1.82, 2.24) is 0 Å². The molecule has 0 aliphatic rings. The largest absolute Gasteiger partial charge is 0.490 e. The number of hydrogen-bond donors (Lipinski definition) is 2. The van der Waals surface area contributed by atoms with Gasteiger partial charge in [0.15, 0.2) is 0 Å². The molecule has 3 aromatic rings. The lowest BCUT2D eigenvalue weighted by atomic mass is 10.1. The summed E-state index contributed by atoms with van der Waals surface area (Å²) in [5.74, 6) is 0.142. The average molecular weight is 470 g/mol. The summed E-state index contributed by atoms with van der Waals surface area (Å²) in [6, 6.07) is 17.3. The molecule has 0 saturated heterocycles. The van der Waals surface area contributed by atoms with Gasteiger partial charge in [0.1, 0.15) is 24.7 Å². The third kappa shape index (κ3) is 6.49. The van der Waals surface area contributed by atoms with Gasteiger partial charge in [0.05, 0.1) is 11.3 Å². The maximum atomic E-state index is 12.9. The first-order valence-corrected chi connectivity index (χ1v) is 11.9. The molecule has 174 valence electrons. The molecular weight excluding hydrogens is 442 g/mol. The Morgan fingerprint density at radius 1 is 0.909 bits per heavy atom. The third-order valence-electron chi connectivity index (χ3n) is 4.90. The van der Waals surface area contributed by atoms with Crippen molar-refractivity contribution in [2.45, 2.75) is 32.1 Å². The molecule has 0 aliphatic heterocycles. The first-order valence-electron chi connectivity index (χ1n) is 10.4. The van der Waals surface area contributed by atoms with Gasteiger partial charge in [-0.1, -0.05) is 35.9 Å². The molecule has 0 aliphatic carbocycles. The number of sulfonamides is 1. The van der Waals surface area contributed by atoms with Gasteiger partial charge in [0.2, 0.25) is 0 Å². The van der Waals surface area contributed by atoms with Crippen molar-refractivity contribution in [2.24, 2.45) is 0 Å². The summed E-state index contributed by atoms with van der Waals surface area (Å²) in [4.78, 5) is 11.2. The maximum Gasteiger partial charge on any atom is 0.307 e. The molecule has 0 heterocycles. The van der Waals surface area contributed by atoms with Crippen LogP contribution in [-0.4, -0.2) is 32.7 Å². The van der Waals surface area contributed by atoms with Gasteiger partial charge in [-0.15, -0.1) is 0 Å². The van der Waals surface area contributed by atoms with Gasteiger partial charge in [-0.3, -0.25) is 9.52 Å². The average Bonchev–Trinajstić information content (AvgIpc) is 2.72. The van der Waals surface area contributed by atoms with Crippen LogP contribution in [0.2, 0.25) is 0 Å². The van der Waals surface area contributed by atoms with Gasteiger partial charge in [-0.2, -0.15) is 0 Å². The summed E-state index contributed by atoms with van der Waals surface area (Å²) in [5, 5.41) is 8.98. The van der Waals surface area contributed by atoms with Gasteiger partial charge in [-0.25, -0.2) is 8.42 Å². The summed E-state index contributed by atoms with van der Waals surface area (Å²) in [5.41, 5.74) is 3.44. The van der Waals surface area contributed by atoms with E-state index < -0.39 is 16.0 Å². The topological polar surface area (TPSA) is 102 Å². The monoisotopic (exact) mass is 469 g/mol. The number of ether oxygens (including phenoxy) is 2. The SMILES string of the molecule is Cc1cc(C)c(S(=O)(=O)Nc2ccc(OCCOc3ccccc3CC(=O)O)cc2)c(C)c1. The minimum Gasteiger partial charge on any atom is -0.490 e. The molecule has 0 spiro atoms. The van der Waals surface area contributed by atoms with E-state index in [-0.39, 0.29) is 24.5 Å². The van der Waals surface area contributed by atoms with Gasteiger partial charge in [0.25, 0.3) is 10.0 Å². The quantitative estimate of drug-likeness (QED) is 0.424. The Labute approximate surface area is 194 Å². The zero-order valence-corrected chi connectivity index (χ0v) is 19.6. The van der Waals surface area contributed by atoms with Crippen LogP contribution in [0.1, 0.15) is 22.3 Å². The Bertz CT molecular complexity index is 1210. The van der Waals surface area contributed by atoms with Gasteiger partial charge < -0.3 is 14.6 Å². The molecule has 8 heteroatoms. The molecule has 0 saturated carbocycles. The molecule has 3 rings (SSSR count). The molecule has 2 N–H and O–H groups in total. The molecule has 0 aromatic heterocycles. The molecule has 3 aromatic carbocycles. The van der Waals surface area contributed by atoms with E-state index in [0.29, 0.717) is 33.9 Å². The fourth-order valence-electron chi connectivity index (χ4n) is 3.68. The second-order valence-corrected chi connectivity index (χ2v) is 9.35. The first kappa shape index (κ1) is 24.1. The Balaban J connectivity index is 1.57. The fraction of sp³-hybridized carbons (Fsp3) is 0.240. The van der Waals surface area contributed by atoms with Crippen molar-refractivity contribution in [3.63, 3.8) is 0 Å². The molecular formula is C25H27NO6S. The highest BCUT2D eigenvalue weighted by Gasteiger charge is 2.20. The highest BCUT2D eigenvalue weighted by atomic mass is 32.2. The van der Waals surface area contributed by atoms with Crippen LogP contribution in [0, 0.1) is 20.8 Å². The summed E-state index contributed by atoms with van der Waals surface area (Å²) >= 11 is 0. The zero-order valence-electron chi connectivity index (χ0n) is 18.8. The predicted octanol–water partition coefficient (Wildman–Crippen LogP) is 4.50. The number of carbonyl (C=O) groups is 1. The number of carboxylic acids is 1. The maximum absolute atomic E-state index is 12.9. The molecule has 0 unspecified atom stereocenters.